The molecule has 6 nitrogen and oxygen atoms in total. The summed E-state index contributed by atoms with van der Waals surface area (Å²) in [6.07, 6.45) is 2.06. The van der Waals surface area contributed by atoms with E-state index in [1.165, 1.54) is 0 Å². The third-order valence-electron chi connectivity index (χ3n) is 5.51. The number of benzene rings is 3. The molecule has 2 saturated heterocycles. The number of morpholine rings is 1. The molecule has 0 saturated carbocycles. The molecule has 6 heteroatoms. The molecule has 0 bridgehead atoms. The molecule has 0 radical (unpaired) electrons. The van der Waals surface area contributed by atoms with Gasteiger partial charge in [-0.3, -0.25) is 0 Å². The molecule has 0 N–H and O–H groups in total. The predicted molar refractivity (Wildman–Crippen MR) is 127 cm³/mol. The predicted octanol–water partition coefficient (Wildman–Crippen LogP) is 4.47. The molecule has 0 spiro atoms. The first-order valence-electron chi connectivity index (χ1n) is 11.0. The van der Waals surface area contributed by atoms with Gasteiger partial charge >= 0.3 is 0 Å². The first-order valence-corrected chi connectivity index (χ1v) is 11.0. The molecule has 2 heterocycles. The molecule has 32 heavy (non-hydrogen) atoms. The highest BCUT2D eigenvalue weighted by Gasteiger charge is 2.24. The summed E-state index contributed by atoms with van der Waals surface area (Å²) in [6, 6.07) is 26.6. The second-order valence-electron chi connectivity index (χ2n) is 7.82. The van der Waals surface area contributed by atoms with Crippen molar-refractivity contribution in [2.75, 3.05) is 49.4 Å². The zero-order chi connectivity index (χ0) is 21.6. The summed E-state index contributed by atoms with van der Waals surface area (Å²) < 4.78 is 17.0. The van der Waals surface area contributed by atoms with Crippen molar-refractivity contribution in [3.63, 3.8) is 0 Å². The highest BCUT2D eigenvalue weighted by Crippen LogP contribution is 2.29. The zero-order valence-electron chi connectivity index (χ0n) is 18.0. The Balaban J connectivity index is 1.44. The number of para-hydroxylation sites is 2. The van der Waals surface area contributed by atoms with Crippen LogP contribution in [0.15, 0.2) is 84.0 Å². The lowest BCUT2D eigenvalue weighted by Gasteiger charge is -2.29. The van der Waals surface area contributed by atoms with Crippen molar-refractivity contribution in [1.82, 2.24) is 0 Å². The highest BCUT2D eigenvalue weighted by atomic mass is 16.6. The van der Waals surface area contributed by atoms with Crippen LogP contribution in [0.2, 0.25) is 0 Å². The van der Waals surface area contributed by atoms with E-state index in [0.717, 1.165) is 61.3 Å². The van der Waals surface area contributed by atoms with Gasteiger partial charge in [-0.2, -0.15) is 5.10 Å². The molecule has 0 amide bonds. The lowest BCUT2D eigenvalue weighted by Crippen LogP contribution is -2.36. The lowest BCUT2D eigenvalue weighted by molar-refractivity contribution is 0.122. The number of hydrogen-bond acceptors (Lipinski definition) is 6. The van der Waals surface area contributed by atoms with Gasteiger partial charge in [0.2, 0.25) is 0 Å². The van der Waals surface area contributed by atoms with Gasteiger partial charge < -0.3 is 19.1 Å². The van der Waals surface area contributed by atoms with E-state index < -0.39 is 0 Å². The van der Waals surface area contributed by atoms with Gasteiger partial charge in [-0.25, -0.2) is 5.01 Å². The highest BCUT2D eigenvalue weighted by molar-refractivity contribution is 5.86. The Hall–Kier alpha value is -3.35. The average molecular weight is 430 g/mol. The van der Waals surface area contributed by atoms with Crippen molar-refractivity contribution in [1.29, 1.82) is 0 Å². The van der Waals surface area contributed by atoms with Gasteiger partial charge in [-0.05, 0) is 36.4 Å². The zero-order valence-corrected chi connectivity index (χ0v) is 18.0. The quantitative estimate of drug-likeness (QED) is 0.300. The van der Waals surface area contributed by atoms with Crippen LogP contribution in [0.25, 0.3) is 0 Å². The largest absolute Gasteiger partial charge is 0.490 e. The molecular weight excluding hydrogens is 402 g/mol. The summed E-state index contributed by atoms with van der Waals surface area (Å²) >= 11 is 0. The van der Waals surface area contributed by atoms with E-state index in [4.69, 9.17) is 19.3 Å². The van der Waals surface area contributed by atoms with Gasteiger partial charge in [-0.1, -0.05) is 36.4 Å². The number of hydrazone groups is 1. The van der Waals surface area contributed by atoms with Crippen LogP contribution in [0.4, 0.5) is 17.1 Å². The molecule has 3 aromatic carbocycles. The molecule has 0 aromatic heterocycles. The van der Waals surface area contributed by atoms with Gasteiger partial charge in [0, 0.05) is 30.4 Å². The molecule has 1 unspecified atom stereocenters. The third kappa shape index (κ3) is 5.10. The summed E-state index contributed by atoms with van der Waals surface area (Å²) in [5.41, 5.74) is 4.06. The van der Waals surface area contributed by atoms with Crippen LogP contribution in [0, 0.1) is 0 Å². The van der Waals surface area contributed by atoms with Crippen molar-refractivity contribution in [3.05, 3.63) is 84.4 Å². The summed E-state index contributed by atoms with van der Waals surface area (Å²) in [7, 11) is 0. The number of anilines is 3. The number of nitrogens with zero attached hydrogens (tertiary/aromatic N) is 3. The number of hydrogen-bond donors (Lipinski definition) is 0. The molecule has 2 aliphatic rings. The van der Waals surface area contributed by atoms with Crippen molar-refractivity contribution >= 4 is 23.3 Å². The van der Waals surface area contributed by atoms with Crippen LogP contribution < -0.4 is 14.6 Å². The van der Waals surface area contributed by atoms with E-state index in [2.05, 4.69) is 23.1 Å². The summed E-state index contributed by atoms with van der Waals surface area (Å²) in [6.45, 7) is 4.58. The molecular formula is C26H27N3O3. The Morgan fingerprint density at radius 1 is 0.938 bits per heavy atom. The fourth-order valence-electron chi connectivity index (χ4n) is 3.66. The van der Waals surface area contributed by atoms with Gasteiger partial charge in [0.25, 0.3) is 0 Å². The molecule has 3 aromatic rings. The molecule has 2 aliphatic heterocycles. The Labute approximate surface area is 188 Å². The first kappa shape index (κ1) is 20.5. The van der Waals surface area contributed by atoms with Crippen LogP contribution in [0.5, 0.6) is 5.75 Å². The van der Waals surface area contributed by atoms with Gasteiger partial charge in [0.05, 0.1) is 37.4 Å². The maximum atomic E-state index is 6.14. The number of ether oxygens (including phenoxy) is 3. The Bertz CT molecular complexity index is 993. The number of epoxide rings is 1. The maximum absolute atomic E-state index is 6.14. The van der Waals surface area contributed by atoms with Crippen LogP contribution in [-0.2, 0) is 9.47 Å². The second-order valence-corrected chi connectivity index (χ2v) is 7.82. The molecule has 0 aliphatic carbocycles. The van der Waals surface area contributed by atoms with Crippen molar-refractivity contribution in [2.45, 2.75) is 6.10 Å². The van der Waals surface area contributed by atoms with Gasteiger partial charge in [0.15, 0.2) is 0 Å². The molecule has 2 fully saturated rings. The SMILES string of the molecule is C(=N\N(c1ccccc1)c1ccccc1)/c1ccc(N2CCOCC2)cc1OCC1CO1. The standard InChI is InChI=1S/C26H27N3O3/c1-3-7-22(8-4-1)29(23-9-5-2-6-10-23)27-18-21-11-12-24(28-13-15-30-16-14-28)17-26(21)32-20-25-19-31-25/h1-12,17-18,25H,13-16,19-20H2/b27-18+. The van der Waals surface area contributed by atoms with E-state index in [-0.39, 0.29) is 6.10 Å². The van der Waals surface area contributed by atoms with E-state index in [0.29, 0.717) is 6.61 Å². The maximum Gasteiger partial charge on any atom is 0.130 e. The van der Waals surface area contributed by atoms with Crippen LogP contribution >= 0.6 is 0 Å². The van der Waals surface area contributed by atoms with E-state index in [1.54, 1.807) is 0 Å². The Morgan fingerprint density at radius 2 is 1.59 bits per heavy atom. The van der Waals surface area contributed by atoms with Crippen molar-refractivity contribution < 1.29 is 14.2 Å². The minimum atomic E-state index is 0.192. The Morgan fingerprint density at radius 3 is 2.22 bits per heavy atom. The summed E-state index contributed by atoms with van der Waals surface area (Å²) in [5, 5.41) is 6.78. The summed E-state index contributed by atoms with van der Waals surface area (Å²) in [4.78, 5) is 2.32. The second kappa shape index (κ2) is 9.85. The first-order chi connectivity index (χ1) is 15.9. The van der Waals surface area contributed by atoms with Gasteiger partial charge in [-0.15, -0.1) is 0 Å². The lowest BCUT2D eigenvalue weighted by atomic mass is 10.1. The third-order valence-corrected chi connectivity index (χ3v) is 5.51. The number of rotatable bonds is 8. The topological polar surface area (TPSA) is 49.8 Å². The fourth-order valence-corrected chi connectivity index (χ4v) is 3.66. The molecule has 1 atom stereocenters. The van der Waals surface area contributed by atoms with E-state index in [1.807, 2.05) is 71.9 Å². The fraction of sp³-hybridized carbons (Fsp3) is 0.269. The van der Waals surface area contributed by atoms with Crippen LogP contribution in [0.1, 0.15) is 5.56 Å². The van der Waals surface area contributed by atoms with Crippen molar-refractivity contribution in [2.24, 2.45) is 5.10 Å². The van der Waals surface area contributed by atoms with Crippen LogP contribution in [-0.4, -0.2) is 51.8 Å². The smallest absolute Gasteiger partial charge is 0.130 e. The van der Waals surface area contributed by atoms with Crippen molar-refractivity contribution in [3.8, 4) is 5.75 Å². The molecule has 5 rings (SSSR count). The van der Waals surface area contributed by atoms with E-state index >= 15 is 0 Å². The Kier molecular flexibility index (Phi) is 6.32. The monoisotopic (exact) mass is 429 g/mol. The average Bonchev–Trinajstić information content (AvgIpc) is 3.70. The normalized spacial score (nSPS) is 18.0. The van der Waals surface area contributed by atoms with Gasteiger partial charge in [0.1, 0.15) is 18.5 Å². The molecule has 164 valence electrons. The minimum absolute atomic E-state index is 0.192. The summed E-state index contributed by atoms with van der Waals surface area (Å²) in [5.74, 6) is 0.814. The minimum Gasteiger partial charge on any atom is -0.490 e. The van der Waals surface area contributed by atoms with E-state index in [9.17, 15) is 0 Å². The van der Waals surface area contributed by atoms with Crippen LogP contribution in [0.3, 0.4) is 0 Å².